The molecule has 0 amide bonds. The molecule has 0 aromatic rings. The standard InChI is InChI=1S/C18H38ClN/c1-2-3-4-9-12-15-18(19)16-13-10-7-5-6-8-11-14-17-20/h18H,2-17,20H2,1H3. The molecule has 0 aliphatic rings. The van der Waals surface area contributed by atoms with Gasteiger partial charge in [-0.2, -0.15) is 0 Å². The molecule has 0 aliphatic heterocycles. The minimum absolute atomic E-state index is 0.432. The van der Waals surface area contributed by atoms with Crippen LogP contribution in [0.1, 0.15) is 103 Å². The van der Waals surface area contributed by atoms with Crippen molar-refractivity contribution in [2.24, 2.45) is 5.73 Å². The topological polar surface area (TPSA) is 26.0 Å². The zero-order valence-electron chi connectivity index (χ0n) is 13.8. The molecule has 20 heavy (non-hydrogen) atoms. The lowest BCUT2D eigenvalue weighted by molar-refractivity contribution is 0.534. The van der Waals surface area contributed by atoms with Crippen molar-refractivity contribution in [1.29, 1.82) is 0 Å². The third kappa shape index (κ3) is 16.3. The van der Waals surface area contributed by atoms with E-state index in [0.29, 0.717) is 5.38 Å². The van der Waals surface area contributed by atoms with Gasteiger partial charge in [0, 0.05) is 5.38 Å². The molecule has 0 aromatic heterocycles. The first-order valence-electron chi connectivity index (χ1n) is 9.15. The fourth-order valence-corrected chi connectivity index (χ4v) is 2.99. The summed E-state index contributed by atoms with van der Waals surface area (Å²) in [5.74, 6) is 0. The normalized spacial score (nSPS) is 12.8. The molecular weight excluding hydrogens is 266 g/mol. The lowest BCUT2D eigenvalue weighted by Gasteiger charge is -2.09. The van der Waals surface area contributed by atoms with Crippen molar-refractivity contribution in [3.63, 3.8) is 0 Å². The number of nitrogens with two attached hydrogens (primary N) is 1. The van der Waals surface area contributed by atoms with Crippen LogP contribution in [0.2, 0.25) is 0 Å². The van der Waals surface area contributed by atoms with E-state index in [1.54, 1.807) is 0 Å². The van der Waals surface area contributed by atoms with Crippen molar-refractivity contribution in [2.75, 3.05) is 6.54 Å². The monoisotopic (exact) mass is 303 g/mol. The van der Waals surface area contributed by atoms with Crippen LogP contribution in [0.5, 0.6) is 0 Å². The van der Waals surface area contributed by atoms with Crippen molar-refractivity contribution in [2.45, 2.75) is 109 Å². The fourth-order valence-electron chi connectivity index (χ4n) is 2.68. The Balaban J connectivity index is 3.09. The summed E-state index contributed by atoms with van der Waals surface area (Å²) in [6.07, 6.45) is 20.0. The van der Waals surface area contributed by atoms with Crippen molar-refractivity contribution in [3.8, 4) is 0 Å². The van der Waals surface area contributed by atoms with Crippen LogP contribution in [0.3, 0.4) is 0 Å². The van der Waals surface area contributed by atoms with E-state index in [-0.39, 0.29) is 0 Å². The molecule has 0 rings (SSSR count). The maximum atomic E-state index is 6.38. The molecule has 0 heterocycles. The van der Waals surface area contributed by atoms with Crippen LogP contribution in [-0.4, -0.2) is 11.9 Å². The smallest absolute Gasteiger partial charge is 0.0336 e. The summed E-state index contributed by atoms with van der Waals surface area (Å²) in [4.78, 5) is 0. The summed E-state index contributed by atoms with van der Waals surface area (Å²) in [6.45, 7) is 3.12. The predicted octanol–water partition coefficient (Wildman–Crippen LogP) is 6.42. The highest BCUT2D eigenvalue weighted by atomic mass is 35.5. The average molecular weight is 304 g/mol. The third-order valence-corrected chi connectivity index (χ3v) is 4.53. The number of hydrogen-bond acceptors (Lipinski definition) is 1. The first-order valence-corrected chi connectivity index (χ1v) is 9.59. The van der Waals surface area contributed by atoms with Crippen LogP contribution in [0.25, 0.3) is 0 Å². The van der Waals surface area contributed by atoms with Crippen molar-refractivity contribution >= 4 is 11.6 Å². The third-order valence-electron chi connectivity index (χ3n) is 4.09. The van der Waals surface area contributed by atoms with Crippen molar-refractivity contribution < 1.29 is 0 Å². The highest BCUT2D eigenvalue weighted by molar-refractivity contribution is 6.20. The summed E-state index contributed by atoms with van der Waals surface area (Å²) >= 11 is 6.38. The Morgan fingerprint density at radius 3 is 1.50 bits per heavy atom. The molecule has 0 aliphatic carbocycles. The minimum Gasteiger partial charge on any atom is -0.330 e. The largest absolute Gasteiger partial charge is 0.330 e. The number of hydrogen-bond donors (Lipinski definition) is 1. The zero-order chi connectivity index (χ0) is 14.9. The highest BCUT2D eigenvalue weighted by Gasteiger charge is 2.03. The molecule has 0 saturated carbocycles. The van der Waals surface area contributed by atoms with Gasteiger partial charge in [-0.3, -0.25) is 0 Å². The Kier molecular flexibility index (Phi) is 17.5. The Labute approximate surface area is 133 Å². The molecule has 122 valence electrons. The van der Waals surface area contributed by atoms with Crippen LogP contribution < -0.4 is 5.73 Å². The maximum Gasteiger partial charge on any atom is 0.0336 e. The van der Waals surface area contributed by atoms with Gasteiger partial charge in [0.25, 0.3) is 0 Å². The SMILES string of the molecule is CCCCCCCC(Cl)CCCCCCCCCCN. The molecule has 0 fully saturated rings. The van der Waals surface area contributed by atoms with Crippen LogP contribution in [-0.2, 0) is 0 Å². The van der Waals surface area contributed by atoms with Gasteiger partial charge < -0.3 is 5.73 Å². The van der Waals surface area contributed by atoms with Gasteiger partial charge in [-0.1, -0.05) is 84.0 Å². The van der Waals surface area contributed by atoms with E-state index in [0.717, 1.165) is 6.54 Å². The van der Waals surface area contributed by atoms with E-state index in [1.807, 2.05) is 0 Å². The summed E-state index contributed by atoms with van der Waals surface area (Å²) in [7, 11) is 0. The van der Waals surface area contributed by atoms with Crippen LogP contribution in [0.15, 0.2) is 0 Å². The number of alkyl halides is 1. The highest BCUT2D eigenvalue weighted by Crippen LogP contribution is 2.18. The lowest BCUT2D eigenvalue weighted by atomic mass is 10.0. The van der Waals surface area contributed by atoms with Crippen LogP contribution in [0.4, 0.5) is 0 Å². The molecule has 1 atom stereocenters. The Morgan fingerprint density at radius 1 is 0.650 bits per heavy atom. The zero-order valence-corrected chi connectivity index (χ0v) is 14.6. The van der Waals surface area contributed by atoms with E-state index >= 15 is 0 Å². The van der Waals surface area contributed by atoms with Gasteiger partial charge in [-0.25, -0.2) is 0 Å². The summed E-state index contributed by atoms with van der Waals surface area (Å²) in [6, 6.07) is 0. The molecule has 0 saturated heterocycles. The first kappa shape index (κ1) is 20.2. The molecule has 0 radical (unpaired) electrons. The molecule has 2 N–H and O–H groups in total. The Hall–Kier alpha value is 0.250. The van der Waals surface area contributed by atoms with E-state index in [2.05, 4.69) is 6.92 Å². The van der Waals surface area contributed by atoms with E-state index in [1.165, 1.54) is 96.3 Å². The summed E-state index contributed by atoms with van der Waals surface area (Å²) in [5.41, 5.74) is 5.48. The quantitative estimate of drug-likeness (QED) is 0.258. The Morgan fingerprint density at radius 2 is 1.05 bits per heavy atom. The van der Waals surface area contributed by atoms with E-state index in [4.69, 9.17) is 17.3 Å². The van der Waals surface area contributed by atoms with Crippen LogP contribution >= 0.6 is 11.6 Å². The van der Waals surface area contributed by atoms with Crippen molar-refractivity contribution in [3.05, 3.63) is 0 Å². The minimum atomic E-state index is 0.432. The van der Waals surface area contributed by atoms with Gasteiger partial charge in [0.15, 0.2) is 0 Å². The van der Waals surface area contributed by atoms with Gasteiger partial charge in [-0.15, -0.1) is 11.6 Å². The summed E-state index contributed by atoms with van der Waals surface area (Å²) < 4.78 is 0. The van der Waals surface area contributed by atoms with Gasteiger partial charge in [0.05, 0.1) is 0 Å². The molecule has 1 nitrogen and oxygen atoms in total. The lowest BCUT2D eigenvalue weighted by Crippen LogP contribution is -1.98. The fraction of sp³-hybridized carbons (Fsp3) is 1.00. The van der Waals surface area contributed by atoms with Crippen molar-refractivity contribution in [1.82, 2.24) is 0 Å². The second-order valence-electron chi connectivity index (χ2n) is 6.21. The second kappa shape index (κ2) is 17.3. The Bertz CT molecular complexity index is 173. The average Bonchev–Trinajstić information content (AvgIpc) is 2.45. The second-order valence-corrected chi connectivity index (χ2v) is 6.82. The molecular formula is C18H38ClN. The van der Waals surface area contributed by atoms with Gasteiger partial charge in [-0.05, 0) is 25.8 Å². The predicted molar refractivity (Wildman–Crippen MR) is 93.6 cm³/mol. The molecule has 0 bridgehead atoms. The van der Waals surface area contributed by atoms with Crippen LogP contribution in [0, 0.1) is 0 Å². The van der Waals surface area contributed by atoms with Gasteiger partial charge >= 0.3 is 0 Å². The first-order chi connectivity index (χ1) is 9.81. The van der Waals surface area contributed by atoms with E-state index in [9.17, 15) is 0 Å². The number of rotatable bonds is 16. The molecule has 0 aromatic carbocycles. The summed E-state index contributed by atoms with van der Waals surface area (Å²) in [5, 5.41) is 0.432. The number of unbranched alkanes of at least 4 members (excludes halogenated alkanes) is 11. The maximum absolute atomic E-state index is 6.38. The van der Waals surface area contributed by atoms with Gasteiger partial charge in [0.2, 0.25) is 0 Å². The molecule has 0 spiro atoms. The molecule has 2 heteroatoms. The molecule has 1 unspecified atom stereocenters. The number of halogens is 1. The van der Waals surface area contributed by atoms with E-state index < -0.39 is 0 Å². The van der Waals surface area contributed by atoms with Gasteiger partial charge in [0.1, 0.15) is 0 Å².